The van der Waals surface area contributed by atoms with Crippen molar-refractivity contribution in [3.8, 4) is 0 Å². The molecule has 0 aromatic heterocycles. The lowest BCUT2D eigenvalue weighted by Crippen LogP contribution is -2.54. The van der Waals surface area contributed by atoms with Crippen LogP contribution < -0.4 is 5.73 Å². The molecular formula is C11H14Cl2NO2+. The van der Waals surface area contributed by atoms with E-state index in [1.807, 2.05) is 0 Å². The Morgan fingerprint density at radius 2 is 2.19 bits per heavy atom. The summed E-state index contributed by atoms with van der Waals surface area (Å²) in [6.45, 7) is 2.14. The van der Waals surface area contributed by atoms with E-state index in [0.717, 1.165) is 5.56 Å². The van der Waals surface area contributed by atoms with E-state index in [2.05, 4.69) is 5.73 Å². The lowest BCUT2D eigenvalue weighted by molar-refractivity contribution is -0.425. The molecule has 0 aliphatic carbocycles. The van der Waals surface area contributed by atoms with Crippen molar-refractivity contribution >= 4 is 29.2 Å². The average Bonchev–Trinajstić information content (AvgIpc) is 2.17. The molecule has 88 valence electrons. The van der Waals surface area contributed by atoms with Gasteiger partial charge in [0.25, 0.3) is 0 Å². The minimum Gasteiger partial charge on any atom is -0.466 e. The van der Waals surface area contributed by atoms with Gasteiger partial charge in [0.05, 0.1) is 11.6 Å². The van der Waals surface area contributed by atoms with Crippen LogP contribution in [-0.2, 0) is 9.53 Å². The fraction of sp³-hybridized carbons (Fsp3) is 0.364. The Kier molecular flexibility index (Phi) is 5.06. The van der Waals surface area contributed by atoms with Crippen LogP contribution in [0.3, 0.4) is 0 Å². The van der Waals surface area contributed by atoms with E-state index in [9.17, 15) is 4.79 Å². The highest BCUT2D eigenvalue weighted by molar-refractivity contribution is 6.35. The molecule has 3 N–H and O–H groups in total. The van der Waals surface area contributed by atoms with Crippen molar-refractivity contribution in [3.05, 3.63) is 33.8 Å². The van der Waals surface area contributed by atoms with Gasteiger partial charge in [0.1, 0.15) is 12.5 Å². The maximum atomic E-state index is 11.3. The summed E-state index contributed by atoms with van der Waals surface area (Å²) >= 11 is 11.8. The molecule has 0 bridgehead atoms. The Bertz CT molecular complexity index is 382. The first-order valence-corrected chi connectivity index (χ1v) is 5.73. The molecule has 1 rings (SSSR count). The number of hydrogen-bond acceptors (Lipinski definition) is 2. The second kappa shape index (κ2) is 6.09. The molecule has 0 aliphatic rings. The van der Waals surface area contributed by atoms with Gasteiger partial charge in [-0.25, -0.2) is 0 Å². The van der Waals surface area contributed by atoms with Crippen LogP contribution in [0, 0.1) is 0 Å². The van der Waals surface area contributed by atoms with Crippen molar-refractivity contribution in [2.75, 3.05) is 6.61 Å². The Balaban J connectivity index is 2.72. The van der Waals surface area contributed by atoms with Gasteiger partial charge in [-0.15, -0.1) is 0 Å². The second-order valence-corrected chi connectivity index (χ2v) is 4.22. The van der Waals surface area contributed by atoms with Gasteiger partial charge in [-0.05, 0) is 19.1 Å². The van der Waals surface area contributed by atoms with E-state index in [1.54, 1.807) is 25.1 Å². The van der Waals surface area contributed by atoms with Crippen molar-refractivity contribution in [2.24, 2.45) is 0 Å². The molecule has 0 radical (unpaired) electrons. The van der Waals surface area contributed by atoms with Gasteiger partial charge in [0.2, 0.25) is 0 Å². The van der Waals surface area contributed by atoms with Crippen LogP contribution in [0.25, 0.3) is 0 Å². The minimum absolute atomic E-state index is 0.217. The minimum atomic E-state index is -0.270. The summed E-state index contributed by atoms with van der Waals surface area (Å²) in [6, 6.07) is 4.93. The number of rotatable bonds is 4. The third-order valence-electron chi connectivity index (χ3n) is 2.12. The summed E-state index contributed by atoms with van der Waals surface area (Å²) in [7, 11) is 0. The number of quaternary nitrogens is 1. The van der Waals surface area contributed by atoms with E-state index in [0.29, 0.717) is 16.7 Å². The Morgan fingerprint density at radius 3 is 2.75 bits per heavy atom. The van der Waals surface area contributed by atoms with E-state index < -0.39 is 0 Å². The fourth-order valence-corrected chi connectivity index (χ4v) is 1.93. The van der Waals surface area contributed by atoms with Crippen LogP contribution in [-0.4, -0.2) is 12.6 Å². The van der Waals surface area contributed by atoms with Crippen LogP contribution in [0.15, 0.2) is 18.2 Å². The topological polar surface area (TPSA) is 53.9 Å². The molecule has 0 fully saturated rings. The zero-order chi connectivity index (χ0) is 12.1. The highest BCUT2D eigenvalue weighted by Crippen LogP contribution is 2.25. The maximum absolute atomic E-state index is 11.3. The van der Waals surface area contributed by atoms with Crippen LogP contribution in [0.5, 0.6) is 0 Å². The zero-order valence-corrected chi connectivity index (χ0v) is 10.5. The van der Waals surface area contributed by atoms with E-state index in [-0.39, 0.29) is 18.4 Å². The lowest BCUT2D eigenvalue weighted by atomic mass is 10.1. The smallest absolute Gasteiger partial charge is 0.312 e. The first-order chi connectivity index (χ1) is 7.54. The van der Waals surface area contributed by atoms with Crippen molar-refractivity contribution in [3.63, 3.8) is 0 Å². The number of hydrogen-bond donors (Lipinski definition) is 1. The van der Waals surface area contributed by atoms with E-state index in [4.69, 9.17) is 27.9 Å². The van der Waals surface area contributed by atoms with Gasteiger partial charge in [-0.1, -0.05) is 29.3 Å². The predicted octanol–water partition coefficient (Wildman–Crippen LogP) is 2.23. The molecule has 1 aromatic carbocycles. The Hall–Kier alpha value is -0.770. The second-order valence-electron chi connectivity index (χ2n) is 3.37. The third kappa shape index (κ3) is 3.67. The first-order valence-electron chi connectivity index (χ1n) is 4.98. The highest BCUT2D eigenvalue weighted by Gasteiger charge is 2.18. The van der Waals surface area contributed by atoms with Gasteiger partial charge in [0.15, 0.2) is 0 Å². The van der Waals surface area contributed by atoms with Crippen molar-refractivity contribution < 1.29 is 15.3 Å². The standard InChI is InChI=1S/C11H13Cl2NO2/c1-2-16-11(15)6-10(14)8-4-3-7(12)5-9(8)13/h3-5,10H,2,6,14H2,1H3/p+1/t10-/m0/s1. The summed E-state index contributed by atoms with van der Waals surface area (Å²) in [4.78, 5) is 11.3. The van der Waals surface area contributed by atoms with Crippen molar-refractivity contribution in [1.82, 2.24) is 0 Å². The number of esters is 1. The zero-order valence-electron chi connectivity index (χ0n) is 9.00. The van der Waals surface area contributed by atoms with Crippen molar-refractivity contribution in [1.29, 1.82) is 0 Å². The third-order valence-corrected chi connectivity index (χ3v) is 2.68. The van der Waals surface area contributed by atoms with Gasteiger partial charge in [-0.2, -0.15) is 0 Å². The number of carbonyl (C=O) groups is 1. The SMILES string of the molecule is CCOC(=O)C[C@H]([NH3+])c1ccc(Cl)cc1Cl. The molecule has 0 unspecified atom stereocenters. The van der Waals surface area contributed by atoms with E-state index in [1.165, 1.54) is 0 Å². The molecule has 0 aliphatic heterocycles. The monoisotopic (exact) mass is 262 g/mol. The molecule has 0 amide bonds. The summed E-state index contributed by atoms with van der Waals surface area (Å²) in [6.07, 6.45) is 0.217. The number of ether oxygens (including phenoxy) is 1. The Morgan fingerprint density at radius 1 is 1.50 bits per heavy atom. The molecule has 0 heterocycles. The molecule has 0 saturated carbocycles. The number of halogens is 2. The molecule has 0 spiro atoms. The summed E-state index contributed by atoms with van der Waals surface area (Å²) in [5, 5.41) is 1.09. The number of benzene rings is 1. The van der Waals surface area contributed by atoms with Gasteiger partial charge in [0, 0.05) is 10.6 Å². The normalized spacial score (nSPS) is 12.2. The largest absolute Gasteiger partial charge is 0.466 e. The molecule has 16 heavy (non-hydrogen) atoms. The molecule has 3 nitrogen and oxygen atoms in total. The van der Waals surface area contributed by atoms with Crippen LogP contribution in [0.2, 0.25) is 10.0 Å². The first kappa shape index (κ1) is 13.3. The molecular weight excluding hydrogens is 249 g/mol. The maximum Gasteiger partial charge on any atom is 0.312 e. The van der Waals surface area contributed by atoms with Gasteiger partial charge >= 0.3 is 5.97 Å². The predicted molar refractivity (Wildman–Crippen MR) is 63.3 cm³/mol. The summed E-state index contributed by atoms with van der Waals surface area (Å²) in [5.74, 6) is -0.270. The quantitative estimate of drug-likeness (QED) is 0.847. The van der Waals surface area contributed by atoms with Crippen molar-refractivity contribution in [2.45, 2.75) is 19.4 Å². The summed E-state index contributed by atoms with van der Waals surface area (Å²) < 4.78 is 4.85. The van der Waals surface area contributed by atoms with E-state index >= 15 is 0 Å². The van der Waals surface area contributed by atoms with Crippen LogP contribution in [0.1, 0.15) is 24.9 Å². The summed E-state index contributed by atoms with van der Waals surface area (Å²) in [5.41, 5.74) is 4.70. The molecule has 1 atom stereocenters. The average molecular weight is 263 g/mol. The van der Waals surface area contributed by atoms with Gasteiger partial charge in [-0.3, -0.25) is 4.79 Å². The van der Waals surface area contributed by atoms with Gasteiger partial charge < -0.3 is 10.5 Å². The molecule has 0 saturated heterocycles. The number of carbonyl (C=O) groups excluding carboxylic acids is 1. The molecule has 1 aromatic rings. The van der Waals surface area contributed by atoms with Crippen LogP contribution >= 0.6 is 23.2 Å². The van der Waals surface area contributed by atoms with Crippen LogP contribution in [0.4, 0.5) is 0 Å². The highest BCUT2D eigenvalue weighted by atomic mass is 35.5. The fourth-order valence-electron chi connectivity index (χ4n) is 1.36. The lowest BCUT2D eigenvalue weighted by Gasteiger charge is -2.10. The molecule has 5 heteroatoms. The Labute approximate surface area is 104 Å².